The zero-order chi connectivity index (χ0) is 13.1. The van der Waals surface area contributed by atoms with Gasteiger partial charge in [-0.05, 0) is 25.3 Å². The van der Waals surface area contributed by atoms with Gasteiger partial charge in [0.05, 0.1) is 29.1 Å². The van der Waals surface area contributed by atoms with Gasteiger partial charge in [-0.15, -0.1) is 11.3 Å². The van der Waals surface area contributed by atoms with E-state index in [1.54, 1.807) is 19.9 Å². The van der Waals surface area contributed by atoms with Gasteiger partial charge < -0.3 is 10.1 Å². The standard InChI is InChI=1S/C12H13N3O2S/c1-7-10(8(2)14-12(13-7)17-3)15-11(16)9-5-4-6-18-9/h4-6H,1-3H3,(H,15,16). The molecule has 2 aromatic rings. The van der Waals surface area contributed by atoms with Crippen LogP contribution in [-0.2, 0) is 0 Å². The molecule has 0 saturated heterocycles. The van der Waals surface area contributed by atoms with Gasteiger partial charge in [0.25, 0.3) is 5.91 Å². The lowest BCUT2D eigenvalue weighted by atomic mass is 10.2. The Morgan fingerprint density at radius 1 is 1.33 bits per heavy atom. The van der Waals surface area contributed by atoms with E-state index in [9.17, 15) is 4.79 Å². The van der Waals surface area contributed by atoms with Crippen LogP contribution in [0.5, 0.6) is 6.01 Å². The van der Waals surface area contributed by atoms with Crippen molar-refractivity contribution in [2.75, 3.05) is 12.4 Å². The summed E-state index contributed by atoms with van der Waals surface area (Å²) in [5.41, 5.74) is 2.00. The minimum Gasteiger partial charge on any atom is -0.467 e. The largest absolute Gasteiger partial charge is 0.467 e. The number of methoxy groups -OCH3 is 1. The van der Waals surface area contributed by atoms with Gasteiger partial charge in [0.15, 0.2) is 0 Å². The highest BCUT2D eigenvalue weighted by atomic mass is 32.1. The Morgan fingerprint density at radius 2 is 2.00 bits per heavy atom. The molecule has 0 spiro atoms. The first kappa shape index (κ1) is 12.5. The number of amides is 1. The molecule has 0 aliphatic rings. The van der Waals surface area contributed by atoms with Gasteiger partial charge in [-0.3, -0.25) is 4.79 Å². The summed E-state index contributed by atoms with van der Waals surface area (Å²) in [6.45, 7) is 3.61. The third kappa shape index (κ3) is 2.48. The van der Waals surface area contributed by atoms with Crippen molar-refractivity contribution in [1.29, 1.82) is 0 Å². The molecule has 0 bridgehead atoms. The van der Waals surface area contributed by atoms with Crippen LogP contribution in [0.3, 0.4) is 0 Å². The van der Waals surface area contributed by atoms with Crippen molar-refractivity contribution >= 4 is 22.9 Å². The van der Waals surface area contributed by atoms with E-state index in [1.165, 1.54) is 18.4 Å². The molecule has 0 radical (unpaired) electrons. The molecular weight excluding hydrogens is 250 g/mol. The number of rotatable bonds is 3. The predicted octanol–water partition coefficient (Wildman–Crippen LogP) is 2.42. The number of ether oxygens (including phenoxy) is 1. The second-order valence-corrected chi connectivity index (χ2v) is 4.64. The summed E-state index contributed by atoms with van der Waals surface area (Å²) in [4.78, 5) is 20.9. The third-order valence-corrected chi connectivity index (χ3v) is 3.29. The van der Waals surface area contributed by atoms with Crippen molar-refractivity contribution in [2.24, 2.45) is 0 Å². The van der Waals surface area contributed by atoms with Crippen molar-refractivity contribution in [3.63, 3.8) is 0 Å². The highest BCUT2D eigenvalue weighted by molar-refractivity contribution is 7.12. The van der Waals surface area contributed by atoms with Gasteiger partial charge in [0, 0.05) is 0 Å². The van der Waals surface area contributed by atoms with Crippen LogP contribution in [0.15, 0.2) is 17.5 Å². The molecule has 2 rings (SSSR count). The molecule has 0 aliphatic heterocycles. The zero-order valence-corrected chi connectivity index (χ0v) is 11.2. The van der Waals surface area contributed by atoms with Crippen molar-refractivity contribution in [2.45, 2.75) is 13.8 Å². The molecule has 2 heterocycles. The van der Waals surface area contributed by atoms with Crippen molar-refractivity contribution in [3.05, 3.63) is 33.8 Å². The molecule has 0 saturated carbocycles. The summed E-state index contributed by atoms with van der Waals surface area (Å²) >= 11 is 1.39. The number of nitrogens with zero attached hydrogens (tertiary/aromatic N) is 2. The van der Waals surface area contributed by atoms with Gasteiger partial charge in [-0.2, -0.15) is 9.97 Å². The zero-order valence-electron chi connectivity index (χ0n) is 10.4. The monoisotopic (exact) mass is 263 g/mol. The van der Waals surface area contributed by atoms with Crippen LogP contribution in [-0.4, -0.2) is 23.0 Å². The van der Waals surface area contributed by atoms with Gasteiger partial charge >= 0.3 is 6.01 Å². The van der Waals surface area contributed by atoms with Crippen LogP contribution in [0.25, 0.3) is 0 Å². The maximum absolute atomic E-state index is 11.9. The summed E-state index contributed by atoms with van der Waals surface area (Å²) in [7, 11) is 1.51. The summed E-state index contributed by atoms with van der Waals surface area (Å²) < 4.78 is 4.98. The second-order valence-electron chi connectivity index (χ2n) is 3.69. The maximum atomic E-state index is 11.9. The van der Waals surface area contributed by atoms with E-state index < -0.39 is 0 Å². The molecule has 0 atom stereocenters. The first-order valence-corrected chi connectivity index (χ1v) is 6.24. The maximum Gasteiger partial charge on any atom is 0.316 e. The molecule has 18 heavy (non-hydrogen) atoms. The van der Waals surface area contributed by atoms with Gasteiger partial charge in [-0.1, -0.05) is 6.07 Å². The lowest BCUT2D eigenvalue weighted by Crippen LogP contribution is -2.14. The Hall–Kier alpha value is -1.95. The van der Waals surface area contributed by atoms with E-state index in [4.69, 9.17) is 4.74 Å². The third-order valence-electron chi connectivity index (χ3n) is 2.42. The van der Waals surface area contributed by atoms with E-state index in [1.807, 2.05) is 11.4 Å². The molecule has 0 unspecified atom stereocenters. The summed E-state index contributed by atoms with van der Waals surface area (Å²) in [5, 5.41) is 4.68. The molecule has 0 aliphatic carbocycles. The van der Waals surface area contributed by atoms with Crippen molar-refractivity contribution in [1.82, 2.24) is 9.97 Å². The summed E-state index contributed by atoms with van der Waals surface area (Å²) in [5.74, 6) is -0.148. The summed E-state index contributed by atoms with van der Waals surface area (Å²) in [6, 6.07) is 3.91. The molecular formula is C12H13N3O2S. The van der Waals surface area contributed by atoms with Crippen LogP contribution in [0.1, 0.15) is 21.1 Å². The van der Waals surface area contributed by atoms with Crippen molar-refractivity contribution < 1.29 is 9.53 Å². The number of hydrogen-bond donors (Lipinski definition) is 1. The Balaban J connectivity index is 2.27. The van der Waals surface area contributed by atoms with Gasteiger partial charge in [-0.25, -0.2) is 0 Å². The van der Waals surface area contributed by atoms with Crippen LogP contribution < -0.4 is 10.1 Å². The van der Waals surface area contributed by atoms with Crippen LogP contribution >= 0.6 is 11.3 Å². The number of anilines is 1. The van der Waals surface area contributed by atoms with E-state index in [0.717, 1.165) is 0 Å². The van der Waals surface area contributed by atoms with Crippen molar-refractivity contribution in [3.8, 4) is 6.01 Å². The SMILES string of the molecule is COc1nc(C)c(NC(=O)c2cccs2)c(C)n1. The minimum atomic E-state index is -0.148. The topological polar surface area (TPSA) is 64.1 Å². The Labute approximate surface area is 109 Å². The molecule has 1 amide bonds. The van der Waals surface area contributed by atoms with Crippen LogP contribution in [0, 0.1) is 13.8 Å². The van der Waals surface area contributed by atoms with E-state index in [0.29, 0.717) is 28.0 Å². The fourth-order valence-electron chi connectivity index (χ4n) is 1.54. The molecule has 1 N–H and O–H groups in total. The van der Waals surface area contributed by atoms with Gasteiger partial charge in [0.1, 0.15) is 0 Å². The van der Waals surface area contributed by atoms with Crippen LogP contribution in [0.2, 0.25) is 0 Å². The Morgan fingerprint density at radius 3 is 2.50 bits per heavy atom. The second kappa shape index (κ2) is 5.14. The molecule has 0 aromatic carbocycles. The highest BCUT2D eigenvalue weighted by Gasteiger charge is 2.13. The number of hydrogen-bond acceptors (Lipinski definition) is 5. The molecule has 2 aromatic heterocycles. The smallest absolute Gasteiger partial charge is 0.316 e. The highest BCUT2D eigenvalue weighted by Crippen LogP contribution is 2.21. The number of thiophene rings is 1. The van der Waals surface area contributed by atoms with Gasteiger partial charge in [0.2, 0.25) is 0 Å². The number of carbonyl (C=O) groups is 1. The molecule has 94 valence electrons. The lowest BCUT2D eigenvalue weighted by molar-refractivity contribution is 0.103. The lowest BCUT2D eigenvalue weighted by Gasteiger charge is -2.10. The average Bonchev–Trinajstić information content (AvgIpc) is 2.87. The Kier molecular flexibility index (Phi) is 3.57. The molecule has 0 fully saturated rings. The quantitative estimate of drug-likeness (QED) is 0.923. The van der Waals surface area contributed by atoms with Crippen LogP contribution in [0.4, 0.5) is 5.69 Å². The first-order chi connectivity index (χ1) is 8.61. The normalized spacial score (nSPS) is 10.2. The van der Waals surface area contributed by atoms with E-state index >= 15 is 0 Å². The fraction of sp³-hybridized carbons (Fsp3) is 0.250. The molecule has 5 nitrogen and oxygen atoms in total. The Bertz CT molecular complexity index is 544. The fourth-order valence-corrected chi connectivity index (χ4v) is 2.16. The number of aryl methyl sites for hydroxylation is 2. The summed E-state index contributed by atoms with van der Waals surface area (Å²) in [6.07, 6.45) is 0. The van der Waals surface area contributed by atoms with E-state index in [2.05, 4.69) is 15.3 Å². The minimum absolute atomic E-state index is 0.148. The number of carbonyl (C=O) groups excluding carboxylic acids is 1. The number of nitrogens with one attached hydrogen (secondary N) is 1. The average molecular weight is 263 g/mol. The first-order valence-electron chi connectivity index (χ1n) is 5.36. The molecule has 6 heteroatoms. The van der Waals surface area contributed by atoms with E-state index in [-0.39, 0.29) is 5.91 Å². The predicted molar refractivity (Wildman–Crippen MR) is 70.3 cm³/mol. The number of aromatic nitrogens is 2.